The first-order chi connectivity index (χ1) is 9.43. The molecule has 0 saturated carbocycles. The second-order valence-corrected chi connectivity index (χ2v) is 5.40. The molecule has 0 heterocycles. The zero-order valence-corrected chi connectivity index (χ0v) is 11.0. The van der Waals surface area contributed by atoms with E-state index in [1.54, 1.807) is 24.3 Å². The van der Waals surface area contributed by atoms with E-state index in [1.165, 1.54) is 18.2 Å². The Hall–Kier alpha value is -2.43. The van der Waals surface area contributed by atoms with Gasteiger partial charge in [0.2, 0.25) is 5.91 Å². The van der Waals surface area contributed by atoms with Gasteiger partial charge in [-0.05, 0) is 12.1 Å². The fourth-order valence-corrected chi connectivity index (χ4v) is 2.59. The van der Waals surface area contributed by atoms with E-state index in [2.05, 4.69) is 5.32 Å². The Balaban J connectivity index is 2.60. The first-order valence-electron chi connectivity index (χ1n) is 5.59. The van der Waals surface area contributed by atoms with Crippen molar-refractivity contribution in [1.82, 2.24) is 0 Å². The van der Waals surface area contributed by atoms with Crippen LogP contribution >= 0.6 is 0 Å². The first-order valence-corrected chi connectivity index (χ1v) is 7.03. The zero-order chi connectivity index (χ0) is 14.8. The highest BCUT2D eigenvalue weighted by atomic mass is 32.2. The average Bonchev–Trinajstić information content (AvgIpc) is 2.37. The fourth-order valence-electron chi connectivity index (χ4n) is 1.88. The second-order valence-electron chi connectivity index (χ2n) is 4.01. The van der Waals surface area contributed by atoms with E-state index >= 15 is 0 Å². The Labute approximate surface area is 115 Å². The van der Waals surface area contributed by atoms with Crippen LogP contribution in [0.25, 0.3) is 10.8 Å². The molecule has 20 heavy (non-hydrogen) atoms. The topological polar surface area (TPSA) is 107 Å². The molecule has 0 aliphatic rings. The van der Waals surface area contributed by atoms with E-state index in [0.29, 0.717) is 16.5 Å². The van der Waals surface area contributed by atoms with Gasteiger partial charge in [-0.3, -0.25) is 9.35 Å². The zero-order valence-electron chi connectivity index (χ0n) is 10.2. The Morgan fingerprint density at radius 3 is 2.50 bits per heavy atom. The summed E-state index contributed by atoms with van der Waals surface area (Å²) in [7, 11) is -4.35. The molecular weight excluding hydrogens is 280 g/mol. The largest absolute Gasteiger partial charge is 0.325 e. The van der Waals surface area contributed by atoms with Gasteiger partial charge in [-0.2, -0.15) is 13.7 Å². The van der Waals surface area contributed by atoms with Crippen LogP contribution in [-0.2, 0) is 14.9 Å². The molecule has 2 aromatic rings. The summed E-state index contributed by atoms with van der Waals surface area (Å²) in [6.45, 7) is 0. The minimum atomic E-state index is -4.35. The number of fused-ring (bicyclic) bond motifs is 1. The monoisotopic (exact) mass is 290 g/mol. The molecule has 0 atom stereocenters. The number of hydrogen-bond donors (Lipinski definition) is 2. The molecule has 2 aromatic carbocycles. The predicted octanol–water partition coefficient (Wildman–Crippen LogP) is 1.94. The molecule has 0 aliphatic carbocycles. The van der Waals surface area contributed by atoms with Crippen LogP contribution in [0.4, 0.5) is 5.69 Å². The number of nitrogens with zero attached hydrogens (tertiary/aromatic N) is 1. The van der Waals surface area contributed by atoms with Crippen molar-refractivity contribution in [2.24, 2.45) is 0 Å². The quantitative estimate of drug-likeness (QED) is 0.840. The minimum absolute atomic E-state index is 0.230. The molecule has 2 N–H and O–H groups in total. The smallest absolute Gasteiger partial charge is 0.295 e. The van der Waals surface area contributed by atoms with Crippen molar-refractivity contribution in [2.45, 2.75) is 11.3 Å². The summed E-state index contributed by atoms with van der Waals surface area (Å²) in [4.78, 5) is 11.2. The van der Waals surface area contributed by atoms with Crippen LogP contribution in [0.15, 0.2) is 41.3 Å². The number of hydrogen-bond acceptors (Lipinski definition) is 4. The molecule has 0 aliphatic heterocycles. The van der Waals surface area contributed by atoms with E-state index in [1.807, 2.05) is 0 Å². The van der Waals surface area contributed by atoms with Crippen LogP contribution in [0.5, 0.6) is 0 Å². The van der Waals surface area contributed by atoms with E-state index in [4.69, 9.17) is 5.26 Å². The van der Waals surface area contributed by atoms with Gasteiger partial charge in [-0.15, -0.1) is 0 Å². The number of carbonyl (C=O) groups is 1. The van der Waals surface area contributed by atoms with Gasteiger partial charge in [-0.1, -0.05) is 24.3 Å². The minimum Gasteiger partial charge on any atom is -0.325 e. The third kappa shape index (κ3) is 2.77. The number of nitrogens with one attached hydrogen (secondary N) is 1. The predicted molar refractivity (Wildman–Crippen MR) is 72.6 cm³/mol. The molecule has 0 radical (unpaired) electrons. The maximum absolute atomic E-state index is 11.4. The van der Waals surface area contributed by atoms with Crippen LogP contribution in [-0.4, -0.2) is 18.9 Å². The van der Waals surface area contributed by atoms with Crippen molar-refractivity contribution >= 4 is 32.5 Å². The number of anilines is 1. The number of rotatable bonds is 3. The average molecular weight is 290 g/mol. The number of amides is 1. The molecule has 7 heteroatoms. The molecule has 1 amide bonds. The summed E-state index contributed by atoms with van der Waals surface area (Å²) >= 11 is 0. The fraction of sp³-hybridized carbons (Fsp3) is 0.0769. The molecule has 0 saturated heterocycles. The highest BCUT2D eigenvalue weighted by molar-refractivity contribution is 7.86. The third-order valence-corrected chi connectivity index (χ3v) is 3.59. The first kappa shape index (κ1) is 14.0. The van der Waals surface area contributed by atoms with Crippen molar-refractivity contribution in [3.63, 3.8) is 0 Å². The Morgan fingerprint density at radius 2 is 1.85 bits per heavy atom. The second kappa shape index (κ2) is 5.28. The van der Waals surface area contributed by atoms with Crippen LogP contribution < -0.4 is 5.32 Å². The molecule has 102 valence electrons. The molecule has 0 unspecified atom stereocenters. The van der Waals surface area contributed by atoms with Gasteiger partial charge in [0.15, 0.2) is 0 Å². The van der Waals surface area contributed by atoms with Crippen LogP contribution in [0, 0.1) is 11.3 Å². The molecular formula is C13H10N2O4S. The van der Waals surface area contributed by atoms with E-state index < -0.39 is 16.0 Å². The highest BCUT2D eigenvalue weighted by Gasteiger charge is 2.15. The number of benzene rings is 2. The van der Waals surface area contributed by atoms with Gasteiger partial charge in [0.1, 0.15) is 11.3 Å². The van der Waals surface area contributed by atoms with Crippen molar-refractivity contribution in [3.05, 3.63) is 36.4 Å². The summed E-state index contributed by atoms with van der Waals surface area (Å²) in [5.41, 5.74) is 0.383. The van der Waals surface area contributed by atoms with Crippen LogP contribution in [0.2, 0.25) is 0 Å². The summed E-state index contributed by atoms with van der Waals surface area (Å²) in [5, 5.41) is 11.7. The SMILES string of the molecule is N#CCC(=O)Nc1cccc2c(S(=O)(=O)O)cccc12. The van der Waals surface area contributed by atoms with E-state index in [9.17, 15) is 17.8 Å². The Kier molecular flexibility index (Phi) is 3.70. The van der Waals surface area contributed by atoms with Gasteiger partial charge in [0.25, 0.3) is 10.1 Å². The van der Waals surface area contributed by atoms with Gasteiger partial charge in [-0.25, -0.2) is 0 Å². The summed E-state index contributed by atoms with van der Waals surface area (Å²) < 4.78 is 31.8. The van der Waals surface area contributed by atoms with Crippen molar-refractivity contribution in [3.8, 4) is 6.07 Å². The summed E-state index contributed by atoms with van der Waals surface area (Å²) in [6, 6.07) is 10.7. The van der Waals surface area contributed by atoms with Crippen molar-refractivity contribution in [1.29, 1.82) is 5.26 Å². The number of nitriles is 1. The van der Waals surface area contributed by atoms with Gasteiger partial charge in [0.05, 0.1) is 6.07 Å². The maximum atomic E-state index is 11.4. The van der Waals surface area contributed by atoms with E-state index in [-0.39, 0.29) is 11.3 Å². The molecule has 0 bridgehead atoms. The van der Waals surface area contributed by atoms with Gasteiger partial charge in [0, 0.05) is 16.5 Å². The van der Waals surface area contributed by atoms with Crippen LogP contribution in [0.1, 0.15) is 6.42 Å². The third-order valence-electron chi connectivity index (χ3n) is 2.67. The molecule has 0 aromatic heterocycles. The van der Waals surface area contributed by atoms with Gasteiger partial charge < -0.3 is 5.32 Å². The number of carbonyl (C=O) groups excluding carboxylic acids is 1. The summed E-state index contributed by atoms with van der Waals surface area (Å²) in [5.74, 6) is -0.489. The molecule has 0 spiro atoms. The van der Waals surface area contributed by atoms with Crippen molar-refractivity contribution < 1.29 is 17.8 Å². The van der Waals surface area contributed by atoms with Gasteiger partial charge >= 0.3 is 0 Å². The molecule has 2 rings (SSSR count). The van der Waals surface area contributed by atoms with Crippen molar-refractivity contribution in [2.75, 3.05) is 5.32 Å². The summed E-state index contributed by atoms with van der Waals surface area (Å²) in [6.07, 6.45) is -0.297. The lowest BCUT2D eigenvalue weighted by molar-refractivity contribution is -0.115. The maximum Gasteiger partial charge on any atom is 0.295 e. The lowest BCUT2D eigenvalue weighted by atomic mass is 10.1. The lowest BCUT2D eigenvalue weighted by Crippen LogP contribution is -2.10. The van der Waals surface area contributed by atoms with E-state index in [0.717, 1.165) is 0 Å². The Morgan fingerprint density at radius 1 is 1.20 bits per heavy atom. The standard InChI is InChI=1S/C13H10N2O4S/c14-8-7-13(16)15-11-5-1-4-10-9(11)3-2-6-12(10)20(17,18)19/h1-6H,7H2,(H,15,16)(H,17,18,19). The highest BCUT2D eigenvalue weighted by Crippen LogP contribution is 2.28. The lowest BCUT2D eigenvalue weighted by Gasteiger charge is -2.09. The van der Waals surface area contributed by atoms with Crippen LogP contribution in [0.3, 0.4) is 0 Å². The Bertz CT molecular complexity index is 822. The molecule has 6 nitrogen and oxygen atoms in total. The molecule has 0 fully saturated rings. The normalized spacial score (nSPS) is 11.0.